The maximum atomic E-state index is 11.8. The predicted octanol–water partition coefficient (Wildman–Crippen LogP) is 0.493. The van der Waals surface area contributed by atoms with Crippen molar-refractivity contribution >= 4 is 9.84 Å². The summed E-state index contributed by atoms with van der Waals surface area (Å²) in [6.07, 6.45) is 1.89. The molecule has 3 aliphatic rings. The minimum absolute atomic E-state index is 0.145. The first kappa shape index (κ1) is 12.9. The summed E-state index contributed by atoms with van der Waals surface area (Å²) in [7, 11) is -2.80. The highest BCUT2D eigenvalue weighted by Gasteiger charge is 2.52. The highest BCUT2D eigenvalue weighted by molar-refractivity contribution is 7.91. The Kier molecular flexibility index (Phi) is 2.99. The second kappa shape index (κ2) is 4.18. The van der Waals surface area contributed by atoms with E-state index in [0.717, 1.165) is 32.5 Å². The van der Waals surface area contributed by atoms with Crippen molar-refractivity contribution in [2.45, 2.75) is 38.3 Å². The lowest BCUT2D eigenvalue weighted by atomic mass is 9.84. The zero-order valence-corrected chi connectivity index (χ0v) is 12.2. The summed E-state index contributed by atoms with van der Waals surface area (Å²) in [4.78, 5) is 2.50. The number of sulfone groups is 1. The van der Waals surface area contributed by atoms with Crippen LogP contribution in [0, 0.1) is 11.8 Å². The molecule has 18 heavy (non-hydrogen) atoms. The summed E-state index contributed by atoms with van der Waals surface area (Å²) < 4.78 is 23.7. The van der Waals surface area contributed by atoms with Gasteiger partial charge in [-0.2, -0.15) is 0 Å². The van der Waals surface area contributed by atoms with Crippen molar-refractivity contribution < 1.29 is 8.42 Å². The Hall–Kier alpha value is -0.130. The van der Waals surface area contributed by atoms with Crippen LogP contribution in [0.15, 0.2) is 0 Å². The Morgan fingerprint density at radius 1 is 1.28 bits per heavy atom. The standard InChI is InChI=1S/C13H24N2O2S/c1-13(2)12-7-14-6-10(12)8-15(13)11-4-3-5-18(16,17)9-11/h10-12,14H,3-9H2,1-2H3. The molecule has 0 aromatic carbocycles. The molecule has 3 heterocycles. The zero-order valence-electron chi connectivity index (χ0n) is 11.4. The average Bonchev–Trinajstić information content (AvgIpc) is 2.80. The minimum atomic E-state index is -2.80. The number of hydrogen-bond acceptors (Lipinski definition) is 4. The van der Waals surface area contributed by atoms with Crippen molar-refractivity contribution in [2.24, 2.45) is 11.8 Å². The van der Waals surface area contributed by atoms with Crippen LogP contribution in [0.4, 0.5) is 0 Å². The predicted molar refractivity (Wildman–Crippen MR) is 72.3 cm³/mol. The number of hydrogen-bond donors (Lipinski definition) is 1. The molecule has 104 valence electrons. The second-order valence-electron chi connectivity index (χ2n) is 6.74. The van der Waals surface area contributed by atoms with Crippen LogP contribution in [0.2, 0.25) is 0 Å². The summed E-state index contributed by atoms with van der Waals surface area (Å²) in [5, 5.41) is 3.47. The summed E-state index contributed by atoms with van der Waals surface area (Å²) in [5.41, 5.74) is 0.145. The number of likely N-dealkylation sites (tertiary alicyclic amines) is 1. The van der Waals surface area contributed by atoms with E-state index in [9.17, 15) is 8.42 Å². The van der Waals surface area contributed by atoms with Crippen molar-refractivity contribution in [3.8, 4) is 0 Å². The summed E-state index contributed by atoms with van der Waals surface area (Å²) in [6, 6.07) is 0.254. The third kappa shape index (κ3) is 2.00. The SMILES string of the molecule is CC1(C)C2CNCC2CN1C1CCCS(=O)(=O)C1. The fourth-order valence-electron chi connectivity index (χ4n) is 4.32. The molecule has 0 amide bonds. The molecule has 0 aromatic heterocycles. The van der Waals surface area contributed by atoms with E-state index in [1.54, 1.807) is 0 Å². The second-order valence-corrected chi connectivity index (χ2v) is 8.97. The van der Waals surface area contributed by atoms with Gasteiger partial charge in [-0.25, -0.2) is 8.42 Å². The van der Waals surface area contributed by atoms with Crippen LogP contribution in [0.1, 0.15) is 26.7 Å². The normalized spacial score (nSPS) is 42.9. The van der Waals surface area contributed by atoms with Crippen molar-refractivity contribution in [1.82, 2.24) is 10.2 Å². The van der Waals surface area contributed by atoms with Gasteiger partial charge in [0.15, 0.2) is 9.84 Å². The molecule has 3 aliphatic heterocycles. The quantitative estimate of drug-likeness (QED) is 0.755. The molecule has 0 aromatic rings. The Labute approximate surface area is 110 Å². The molecule has 3 atom stereocenters. The lowest BCUT2D eigenvalue weighted by molar-refractivity contribution is 0.0919. The van der Waals surface area contributed by atoms with Gasteiger partial charge in [-0.15, -0.1) is 0 Å². The van der Waals surface area contributed by atoms with Gasteiger partial charge in [0.25, 0.3) is 0 Å². The Morgan fingerprint density at radius 3 is 2.72 bits per heavy atom. The molecule has 3 rings (SSSR count). The molecule has 3 unspecified atom stereocenters. The maximum absolute atomic E-state index is 11.8. The highest BCUT2D eigenvalue weighted by atomic mass is 32.2. The number of nitrogens with one attached hydrogen (secondary N) is 1. The topological polar surface area (TPSA) is 49.4 Å². The maximum Gasteiger partial charge on any atom is 0.151 e. The summed E-state index contributed by atoms with van der Waals surface area (Å²) >= 11 is 0. The molecule has 5 heteroatoms. The van der Waals surface area contributed by atoms with Gasteiger partial charge >= 0.3 is 0 Å². The number of fused-ring (bicyclic) bond motifs is 1. The largest absolute Gasteiger partial charge is 0.316 e. The lowest BCUT2D eigenvalue weighted by Crippen LogP contribution is -2.53. The van der Waals surface area contributed by atoms with E-state index in [1.807, 2.05) is 0 Å². The lowest BCUT2D eigenvalue weighted by Gasteiger charge is -2.42. The van der Waals surface area contributed by atoms with Gasteiger partial charge in [0, 0.05) is 24.7 Å². The third-order valence-corrected chi connectivity index (χ3v) is 7.10. The van der Waals surface area contributed by atoms with Crippen LogP contribution in [-0.2, 0) is 9.84 Å². The van der Waals surface area contributed by atoms with Crippen molar-refractivity contribution in [3.05, 3.63) is 0 Å². The zero-order chi connectivity index (χ0) is 13.0. The van der Waals surface area contributed by atoms with Crippen molar-refractivity contribution in [2.75, 3.05) is 31.1 Å². The molecule has 4 nitrogen and oxygen atoms in total. The Balaban J connectivity index is 1.80. The van der Waals surface area contributed by atoms with Crippen LogP contribution >= 0.6 is 0 Å². The molecule has 0 spiro atoms. The molecule has 0 radical (unpaired) electrons. The minimum Gasteiger partial charge on any atom is -0.316 e. The van der Waals surface area contributed by atoms with Gasteiger partial charge in [0.05, 0.1) is 11.5 Å². The van der Waals surface area contributed by atoms with Gasteiger partial charge < -0.3 is 5.32 Å². The van der Waals surface area contributed by atoms with E-state index in [0.29, 0.717) is 23.3 Å². The number of rotatable bonds is 1. The van der Waals surface area contributed by atoms with Crippen LogP contribution in [-0.4, -0.2) is 56.0 Å². The summed E-state index contributed by atoms with van der Waals surface area (Å²) in [5.74, 6) is 2.17. The molecular weight excluding hydrogens is 248 g/mol. The fraction of sp³-hybridized carbons (Fsp3) is 1.00. The highest BCUT2D eigenvalue weighted by Crippen LogP contribution is 2.43. The third-order valence-electron chi connectivity index (χ3n) is 5.30. The van der Waals surface area contributed by atoms with E-state index in [2.05, 4.69) is 24.1 Å². The molecular formula is C13H24N2O2S. The van der Waals surface area contributed by atoms with Gasteiger partial charge in [0.1, 0.15) is 0 Å². The monoisotopic (exact) mass is 272 g/mol. The smallest absolute Gasteiger partial charge is 0.151 e. The molecule has 1 N–H and O–H groups in total. The number of nitrogens with zero attached hydrogens (tertiary/aromatic N) is 1. The van der Waals surface area contributed by atoms with Crippen molar-refractivity contribution in [1.29, 1.82) is 0 Å². The van der Waals surface area contributed by atoms with Gasteiger partial charge in [-0.1, -0.05) is 0 Å². The van der Waals surface area contributed by atoms with E-state index < -0.39 is 9.84 Å². The fourth-order valence-corrected chi connectivity index (χ4v) is 6.02. The first-order valence-corrected chi connectivity index (χ1v) is 8.90. The molecule has 0 aliphatic carbocycles. The van der Waals surface area contributed by atoms with E-state index in [-0.39, 0.29) is 11.6 Å². The van der Waals surface area contributed by atoms with Gasteiger partial charge in [-0.05, 0) is 45.1 Å². The summed E-state index contributed by atoms with van der Waals surface area (Å²) in [6.45, 7) is 7.86. The first-order valence-electron chi connectivity index (χ1n) is 7.08. The average molecular weight is 272 g/mol. The first-order chi connectivity index (χ1) is 8.40. The molecule has 0 saturated carbocycles. The molecule has 3 saturated heterocycles. The Bertz CT molecular complexity index is 432. The molecule has 3 fully saturated rings. The van der Waals surface area contributed by atoms with Crippen molar-refractivity contribution in [3.63, 3.8) is 0 Å². The van der Waals surface area contributed by atoms with Crippen LogP contribution in [0.5, 0.6) is 0 Å². The van der Waals surface area contributed by atoms with Crippen LogP contribution in [0.3, 0.4) is 0 Å². The van der Waals surface area contributed by atoms with E-state index in [1.165, 1.54) is 0 Å². The van der Waals surface area contributed by atoms with Gasteiger partial charge in [-0.3, -0.25) is 4.90 Å². The van der Waals surface area contributed by atoms with Gasteiger partial charge in [0.2, 0.25) is 0 Å². The van der Waals surface area contributed by atoms with Crippen LogP contribution < -0.4 is 5.32 Å². The molecule has 0 bridgehead atoms. The Morgan fingerprint density at radius 2 is 2.06 bits per heavy atom. The van der Waals surface area contributed by atoms with Crippen LogP contribution in [0.25, 0.3) is 0 Å². The van der Waals surface area contributed by atoms with E-state index in [4.69, 9.17) is 0 Å². The van der Waals surface area contributed by atoms with E-state index >= 15 is 0 Å².